The Morgan fingerprint density at radius 1 is 1.07 bits per heavy atom. The molecule has 0 radical (unpaired) electrons. The van der Waals surface area contributed by atoms with Crippen molar-refractivity contribution in [2.75, 3.05) is 13.2 Å². The molecule has 0 aromatic heterocycles. The molecule has 0 aliphatic rings. The lowest BCUT2D eigenvalue weighted by atomic mass is 10.1. The van der Waals surface area contributed by atoms with Gasteiger partial charge >= 0.3 is 0 Å². The highest BCUT2D eigenvalue weighted by Crippen LogP contribution is 2.34. The normalized spacial score (nSPS) is 10.9. The summed E-state index contributed by atoms with van der Waals surface area (Å²) in [5.41, 5.74) is 4.76. The molecule has 0 spiro atoms. The number of ether oxygens (including phenoxy) is 2. The van der Waals surface area contributed by atoms with Crippen LogP contribution < -0.4 is 20.2 Å². The SMILES string of the molecule is CCNC(=S)NN=Cc1cc(OCC)c(OCc2cccc3ccccc23)cc1Br. The summed E-state index contributed by atoms with van der Waals surface area (Å²) in [6.07, 6.45) is 1.69. The van der Waals surface area contributed by atoms with Crippen molar-refractivity contribution in [2.24, 2.45) is 5.10 Å². The Hall–Kier alpha value is -2.64. The predicted molar refractivity (Wildman–Crippen MR) is 131 cm³/mol. The molecule has 156 valence electrons. The molecule has 0 saturated heterocycles. The summed E-state index contributed by atoms with van der Waals surface area (Å²) in [6, 6.07) is 18.3. The number of nitrogens with zero attached hydrogens (tertiary/aromatic N) is 1. The summed E-state index contributed by atoms with van der Waals surface area (Å²) in [4.78, 5) is 0. The average Bonchev–Trinajstić information content (AvgIpc) is 2.75. The second-order valence-electron chi connectivity index (χ2n) is 6.41. The maximum atomic E-state index is 6.15. The average molecular weight is 486 g/mol. The fourth-order valence-electron chi connectivity index (χ4n) is 2.97. The van der Waals surface area contributed by atoms with Gasteiger partial charge in [-0.05, 0) is 70.5 Å². The molecular formula is C23H24BrN3O2S. The summed E-state index contributed by atoms with van der Waals surface area (Å²) in [5.74, 6) is 1.33. The maximum absolute atomic E-state index is 6.15. The monoisotopic (exact) mass is 485 g/mol. The quantitative estimate of drug-likeness (QED) is 0.254. The van der Waals surface area contributed by atoms with E-state index < -0.39 is 0 Å². The van der Waals surface area contributed by atoms with Crippen molar-refractivity contribution in [3.8, 4) is 11.5 Å². The van der Waals surface area contributed by atoms with Crippen molar-refractivity contribution in [3.05, 3.63) is 70.2 Å². The molecule has 2 N–H and O–H groups in total. The zero-order valence-corrected chi connectivity index (χ0v) is 19.3. The molecule has 0 amide bonds. The van der Waals surface area contributed by atoms with E-state index in [1.807, 2.05) is 44.2 Å². The lowest BCUT2D eigenvalue weighted by Crippen LogP contribution is -2.31. The van der Waals surface area contributed by atoms with Gasteiger partial charge in [0.05, 0.1) is 12.8 Å². The predicted octanol–water partition coefficient (Wildman–Crippen LogP) is 5.40. The molecule has 0 aliphatic carbocycles. The minimum Gasteiger partial charge on any atom is -0.490 e. The van der Waals surface area contributed by atoms with Gasteiger partial charge in [-0.2, -0.15) is 5.10 Å². The van der Waals surface area contributed by atoms with Crippen LogP contribution in [0.25, 0.3) is 10.8 Å². The Morgan fingerprint density at radius 3 is 2.63 bits per heavy atom. The third kappa shape index (κ3) is 5.70. The van der Waals surface area contributed by atoms with Gasteiger partial charge in [-0.3, -0.25) is 5.43 Å². The van der Waals surface area contributed by atoms with Crippen molar-refractivity contribution in [3.63, 3.8) is 0 Å². The number of hydrogen-bond donors (Lipinski definition) is 2. The van der Waals surface area contributed by atoms with E-state index in [0.29, 0.717) is 29.8 Å². The smallest absolute Gasteiger partial charge is 0.186 e. The second-order valence-corrected chi connectivity index (χ2v) is 7.67. The molecule has 0 atom stereocenters. The van der Waals surface area contributed by atoms with Crippen LogP contribution in [0.3, 0.4) is 0 Å². The highest BCUT2D eigenvalue weighted by Gasteiger charge is 2.11. The van der Waals surface area contributed by atoms with Gasteiger partial charge in [0.1, 0.15) is 6.61 Å². The van der Waals surface area contributed by atoms with Crippen molar-refractivity contribution < 1.29 is 9.47 Å². The molecule has 0 fully saturated rings. The van der Waals surface area contributed by atoms with Crippen LogP contribution in [0.1, 0.15) is 25.0 Å². The lowest BCUT2D eigenvalue weighted by Gasteiger charge is -2.15. The number of nitrogens with one attached hydrogen (secondary N) is 2. The number of benzene rings is 3. The lowest BCUT2D eigenvalue weighted by molar-refractivity contribution is 0.270. The Labute approximate surface area is 190 Å². The largest absolute Gasteiger partial charge is 0.490 e. The van der Waals surface area contributed by atoms with Gasteiger partial charge in [-0.1, -0.05) is 42.5 Å². The third-order valence-electron chi connectivity index (χ3n) is 4.33. The first-order valence-corrected chi connectivity index (χ1v) is 10.9. The van der Waals surface area contributed by atoms with Crippen LogP contribution in [-0.4, -0.2) is 24.5 Å². The molecule has 30 heavy (non-hydrogen) atoms. The number of fused-ring (bicyclic) bond motifs is 1. The number of hydrazone groups is 1. The molecule has 5 nitrogen and oxygen atoms in total. The molecule has 3 rings (SSSR count). The van der Waals surface area contributed by atoms with Gasteiger partial charge < -0.3 is 14.8 Å². The number of rotatable bonds is 8. The fourth-order valence-corrected chi connectivity index (χ4v) is 3.59. The molecule has 0 aliphatic heterocycles. The molecule has 0 heterocycles. The Kier molecular flexibility index (Phi) is 8.04. The van der Waals surface area contributed by atoms with E-state index in [-0.39, 0.29) is 0 Å². The Bertz CT molecular complexity index is 1050. The number of hydrogen-bond acceptors (Lipinski definition) is 4. The van der Waals surface area contributed by atoms with E-state index in [1.165, 1.54) is 10.8 Å². The summed E-state index contributed by atoms with van der Waals surface area (Å²) < 4.78 is 12.8. The van der Waals surface area contributed by atoms with E-state index in [0.717, 1.165) is 22.1 Å². The fraction of sp³-hybridized carbons (Fsp3) is 0.217. The van der Waals surface area contributed by atoms with Crippen LogP contribution >= 0.6 is 28.1 Å². The van der Waals surface area contributed by atoms with Crippen LogP contribution in [0.2, 0.25) is 0 Å². The van der Waals surface area contributed by atoms with E-state index >= 15 is 0 Å². The molecule has 7 heteroatoms. The molecular weight excluding hydrogens is 462 g/mol. The molecule has 3 aromatic rings. The molecule has 3 aromatic carbocycles. The Morgan fingerprint density at radius 2 is 1.83 bits per heavy atom. The Balaban J connectivity index is 1.79. The van der Waals surface area contributed by atoms with Crippen molar-refractivity contribution >= 4 is 50.2 Å². The van der Waals surface area contributed by atoms with E-state index in [1.54, 1.807) is 6.21 Å². The van der Waals surface area contributed by atoms with E-state index in [4.69, 9.17) is 21.7 Å². The van der Waals surface area contributed by atoms with Crippen LogP contribution in [0.5, 0.6) is 11.5 Å². The van der Waals surface area contributed by atoms with Crippen molar-refractivity contribution in [1.82, 2.24) is 10.7 Å². The number of thiocarbonyl (C=S) groups is 1. The topological polar surface area (TPSA) is 54.9 Å². The third-order valence-corrected chi connectivity index (χ3v) is 5.26. The molecule has 0 unspecified atom stereocenters. The summed E-state index contributed by atoms with van der Waals surface area (Å²) >= 11 is 8.70. The summed E-state index contributed by atoms with van der Waals surface area (Å²) in [6.45, 7) is 5.63. The van der Waals surface area contributed by atoms with Crippen LogP contribution in [0.15, 0.2) is 64.2 Å². The van der Waals surface area contributed by atoms with E-state index in [2.05, 4.69) is 56.0 Å². The highest BCUT2D eigenvalue weighted by molar-refractivity contribution is 9.10. The number of halogens is 1. The van der Waals surface area contributed by atoms with Gasteiger partial charge in [0.15, 0.2) is 16.6 Å². The maximum Gasteiger partial charge on any atom is 0.186 e. The van der Waals surface area contributed by atoms with Crippen LogP contribution in [0, 0.1) is 0 Å². The van der Waals surface area contributed by atoms with E-state index in [9.17, 15) is 0 Å². The molecule has 0 saturated carbocycles. The minimum absolute atomic E-state index is 0.444. The zero-order chi connectivity index (χ0) is 21.3. The zero-order valence-electron chi connectivity index (χ0n) is 16.9. The van der Waals surface area contributed by atoms with Crippen molar-refractivity contribution in [2.45, 2.75) is 20.5 Å². The standard InChI is InChI=1S/C23H24BrN3O2S/c1-3-25-23(30)27-26-14-18-12-21(28-4-2)22(13-20(18)24)29-15-17-10-7-9-16-8-5-6-11-19(16)17/h5-14H,3-4,15H2,1-2H3,(H2,25,27,30). The van der Waals surface area contributed by atoms with Gasteiger partial charge in [-0.25, -0.2) is 0 Å². The summed E-state index contributed by atoms with van der Waals surface area (Å²) in [5, 5.41) is 10.0. The summed E-state index contributed by atoms with van der Waals surface area (Å²) in [7, 11) is 0. The van der Waals surface area contributed by atoms with Crippen LogP contribution in [-0.2, 0) is 6.61 Å². The molecule has 0 bridgehead atoms. The first-order valence-electron chi connectivity index (χ1n) is 9.75. The highest BCUT2D eigenvalue weighted by atomic mass is 79.9. The van der Waals surface area contributed by atoms with Gasteiger partial charge in [0.2, 0.25) is 0 Å². The first kappa shape index (κ1) is 22.1. The second kappa shape index (κ2) is 10.9. The minimum atomic E-state index is 0.444. The van der Waals surface area contributed by atoms with Gasteiger partial charge in [-0.15, -0.1) is 0 Å². The van der Waals surface area contributed by atoms with Gasteiger partial charge in [0, 0.05) is 16.6 Å². The van der Waals surface area contributed by atoms with Crippen LogP contribution in [0.4, 0.5) is 0 Å². The van der Waals surface area contributed by atoms with Gasteiger partial charge in [0.25, 0.3) is 0 Å². The van der Waals surface area contributed by atoms with Crippen molar-refractivity contribution in [1.29, 1.82) is 0 Å². The first-order chi connectivity index (χ1) is 14.6.